The minimum absolute atomic E-state index is 0.0150. The molecule has 2 aliphatic rings. The first-order chi connectivity index (χ1) is 13.2. The topological polar surface area (TPSA) is 72.5 Å². The minimum atomic E-state index is -0.0150. The monoisotopic (exact) mass is 366 g/mol. The fourth-order valence-corrected chi connectivity index (χ4v) is 3.47. The molecule has 0 aromatic carbocycles. The summed E-state index contributed by atoms with van der Waals surface area (Å²) in [6, 6.07) is 3.82. The Labute approximate surface area is 160 Å². The summed E-state index contributed by atoms with van der Waals surface area (Å²) < 4.78 is 0. The molecule has 7 heteroatoms. The predicted octanol–water partition coefficient (Wildman–Crippen LogP) is 0.572. The number of hydrogen-bond donors (Lipinski definition) is 3. The van der Waals surface area contributed by atoms with E-state index in [9.17, 15) is 4.79 Å². The summed E-state index contributed by atoms with van der Waals surface area (Å²) in [7, 11) is 0. The van der Waals surface area contributed by atoms with Crippen LogP contribution in [0.15, 0.2) is 12.1 Å². The Morgan fingerprint density at radius 1 is 1.19 bits per heavy atom. The van der Waals surface area contributed by atoms with E-state index in [0.29, 0.717) is 26.2 Å². The number of pyridine rings is 1. The van der Waals surface area contributed by atoms with Crippen LogP contribution in [0, 0.1) is 24.7 Å². The Morgan fingerprint density at radius 2 is 1.93 bits per heavy atom. The molecule has 1 amide bonds. The third-order valence-corrected chi connectivity index (χ3v) is 4.88. The highest BCUT2D eigenvalue weighted by molar-refractivity contribution is 5.82. The van der Waals surface area contributed by atoms with Crippen LogP contribution in [0.4, 0.5) is 17.3 Å². The van der Waals surface area contributed by atoms with E-state index in [2.05, 4.69) is 32.7 Å². The van der Waals surface area contributed by atoms with Crippen molar-refractivity contribution in [3.63, 3.8) is 0 Å². The van der Waals surface area contributed by atoms with E-state index in [4.69, 9.17) is 17.8 Å². The number of carbonyl (C=O) groups is 1. The second-order valence-corrected chi connectivity index (χ2v) is 6.64. The number of nitrogens with zero attached hydrogens (tertiary/aromatic N) is 3. The van der Waals surface area contributed by atoms with Gasteiger partial charge in [0.1, 0.15) is 5.82 Å². The quantitative estimate of drug-likeness (QED) is 0.640. The van der Waals surface area contributed by atoms with Crippen LogP contribution in [0.5, 0.6) is 0 Å². The average molecular weight is 366 g/mol. The molecular weight excluding hydrogens is 340 g/mol. The lowest BCUT2D eigenvalue weighted by Crippen LogP contribution is -2.53. The molecule has 7 nitrogen and oxygen atoms in total. The number of anilines is 3. The van der Waals surface area contributed by atoms with Crippen LogP contribution >= 0.6 is 0 Å². The normalized spacial score (nSPS) is 19.3. The van der Waals surface area contributed by atoms with Gasteiger partial charge in [0.05, 0.1) is 24.8 Å². The first kappa shape index (κ1) is 18.9. The molecule has 1 atom stereocenters. The maximum Gasteiger partial charge on any atom is 0.239 e. The van der Waals surface area contributed by atoms with Crippen molar-refractivity contribution in [2.45, 2.75) is 18.9 Å². The van der Waals surface area contributed by atoms with Crippen molar-refractivity contribution in [2.24, 2.45) is 0 Å². The third-order valence-electron chi connectivity index (χ3n) is 4.88. The zero-order valence-corrected chi connectivity index (χ0v) is 15.5. The Hall–Kier alpha value is -2.90. The van der Waals surface area contributed by atoms with Gasteiger partial charge in [-0.15, -0.1) is 12.8 Å². The van der Waals surface area contributed by atoms with Crippen molar-refractivity contribution in [1.82, 2.24) is 15.2 Å². The number of aromatic nitrogens is 1. The fourth-order valence-electron chi connectivity index (χ4n) is 3.47. The Balaban J connectivity index is 1.68. The zero-order chi connectivity index (χ0) is 19.1. The van der Waals surface area contributed by atoms with Crippen LogP contribution in [0.3, 0.4) is 0 Å². The summed E-state index contributed by atoms with van der Waals surface area (Å²) in [6.45, 7) is 4.62. The molecule has 27 heavy (non-hydrogen) atoms. The summed E-state index contributed by atoms with van der Waals surface area (Å²) in [6.07, 6.45) is 12.7. The molecular formula is C20H26N6O. The molecule has 3 heterocycles. The number of hydrogen-bond acceptors (Lipinski definition) is 6. The molecule has 2 aliphatic heterocycles. The van der Waals surface area contributed by atoms with Gasteiger partial charge in [-0.05, 0) is 31.5 Å². The lowest BCUT2D eigenvalue weighted by atomic mass is 10.2. The number of rotatable bonds is 6. The number of amides is 1. The van der Waals surface area contributed by atoms with Crippen LogP contribution in [0.2, 0.25) is 0 Å². The van der Waals surface area contributed by atoms with Crippen molar-refractivity contribution < 1.29 is 4.79 Å². The van der Waals surface area contributed by atoms with Crippen LogP contribution in [0.1, 0.15) is 12.8 Å². The average Bonchev–Trinajstić information content (AvgIpc) is 3.25. The molecule has 0 radical (unpaired) electrons. The van der Waals surface area contributed by atoms with Crippen molar-refractivity contribution in [3.8, 4) is 24.7 Å². The first-order valence-corrected chi connectivity index (χ1v) is 9.35. The molecule has 0 aliphatic carbocycles. The minimum Gasteiger partial charge on any atom is -0.371 e. The summed E-state index contributed by atoms with van der Waals surface area (Å²) in [5, 5.41) is 9.62. The molecule has 1 aromatic heterocycles. The standard InChI is InChI=1S/C20H26N6O/c1-3-9-21-16-7-8-18(23-10-4-2)24-19(16)25-12-14-26(15-13-25)20(27)17-6-5-11-22-17/h1-2,7-8,17,21-22H,5-6,9-15H2,(H,23,24). The lowest BCUT2D eigenvalue weighted by Gasteiger charge is -2.37. The molecule has 2 fully saturated rings. The summed E-state index contributed by atoms with van der Waals surface area (Å²) >= 11 is 0. The Morgan fingerprint density at radius 3 is 2.59 bits per heavy atom. The zero-order valence-electron chi connectivity index (χ0n) is 15.5. The maximum atomic E-state index is 12.6. The molecule has 142 valence electrons. The van der Waals surface area contributed by atoms with Gasteiger partial charge in [-0.1, -0.05) is 11.8 Å². The van der Waals surface area contributed by atoms with Gasteiger partial charge in [0.25, 0.3) is 0 Å². The molecule has 0 bridgehead atoms. The molecule has 0 spiro atoms. The van der Waals surface area contributed by atoms with Crippen molar-refractivity contribution in [1.29, 1.82) is 0 Å². The van der Waals surface area contributed by atoms with E-state index < -0.39 is 0 Å². The predicted molar refractivity (Wildman–Crippen MR) is 109 cm³/mol. The second-order valence-electron chi connectivity index (χ2n) is 6.64. The summed E-state index contributed by atoms with van der Waals surface area (Å²) in [4.78, 5) is 21.4. The van der Waals surface area contributed by atoms with E-state index in [1.807, 2.05) is 17.0 Å². The molecule has 1 unspecified atom stereocenters. The van der Waals surface area contributed by atoms with Crippen LogP contribution in [-0.4, -0.2) is 67.6 Å². The number of nitrogens with one attached hydrogen (secondary N) is 3. The van der Waals surface area contributed by atoms with E-state index in [0.717, 1.165) is 49.8 Å². The molecule has 0 saturated carbocycles. The highest BCUT2D eigenvalue weighted by atomic mass is 16.2. The Kier molecular flexibility index (Phi) is 6.40. The molecule has 1 aromatic rings. The fraction of sp³-hybridized carbons (Fsp3) is 0.500. The largest absolute Gasteiger partial charge is 0.371 e. The second kappa shape index (κ2) is 9.16. The lowest BCUT2D eigenvalue weighted by molar-refractivity contribution is -0.133. The molecule has 2 saturated heterocycles. The van der Waals surface area contributed by atoms with Crippen LogP contribution in [0.25, 0.3) is 0 Å². The smallest absolute Gasteiger partial charge is 0.239 e. The van der Waals surface area contributed by atoms with Crippen LogP contribution in [-0.2, 0) is 4.79 Å². The van der Waals surface area contributed by atoms with Crippen LogP contribution < -0.4 is 20.9 Å². The molecule has 3 rings (SSSR count). The van der Waals surface area contributed by atoms with Gasteiger partial charge >= 0.3 is 0 Å². The highest BCUT2D eigenvalue weighted by Crippen LogP contribution is 2.27. The first-order valence-electron chi connectivity index (χ1n) is 9.35. The van der Waals surface area contributed by atoms with E-state index >= 15 is 0 Å². The van der Waals surface area contributed by atoms with E-state index in [1.54, 1.807) is 0 Å². The number of piperazine rings is 1. The van der Waals surface area contributed by atoms with Crippen molar-refractivity contribution in [2.75, 3.05) is 61.3 Å². The SMILES string of the molecule is C#CCNc1ccc(NCC#C)c(N2CCN(C(=O)C3CCCN3)CC2)n1. The maximum absolute atomic E-state index is 12.6. The van der Waals surface area contributed by atoms with Gasteiger partial charge in [0, 0.05) is 26.2 Å². The highest BCUT2D eigenvalue weighted by Gasteiger charge is 2.30. The van der Waals surface area contributed by atoms with Gasteiger partial charge in [0.2, 0.25) is 5.91 Å². The van der Waals surface area contributed by atoms with Crippen molar-refractivity contribution >= 4 is 23.2 Å². The van der Waals surface area contributed by atoms with Gasteiger partial charge in [-0.25, -0.2) is 4.98 Å². The Bertz CT molecular complexity index is 736. The summed E-state index contributed by atoms with van der Waals surface area (Å²) in [5.74, 6) is 6.92. The summed E-state index contributed by atoms with van der Waals surface area (Å²) in [5.41, 5.74) is 0.886. The van der Waals surface area contributed by atoms with Gasteiger partial charge in [-0.2, -0.15) is 0 Å². The number of carbonyl (C=O) groups excluding carboxylic acids is 1. The third kappa shape index (κ3) is 4.64. The van der Waals surface area contributed by atoms with E-state index in [-0.39, 0.29) is 11.9 Å². The van der Waals surface area contributed by atoms with Gasteiger partial charge < -0.3 is 25.8 Å². The van der Waals surface area contributed by atoms with Gasteiger partial charge in [0.15, 0.2) is 5.82 Å². The molecule has 3 N–H and O–H groups in total. The van der Waals surface area contributed by atoms with Crippen molar-refractivity contribution in [3.05, 3.63) is 12.1 Å². The van der Waals surface area contributed by atoms with E-state index in [1.165, 1.54) is 0 Å². The van der Waals surface area contributed by atoms with Gasteiger partial charge in [-0.3, -0.25) is 4.79 Å². The number of terminal acetylenes is 2.